The zero-order chi connectivity index (χ0) is 31.7. The fourth-order valence-corrected chi connectivity index (χ4v) is 6.87. The molecule has 1 saturated heterocycles. The van der Waals surface area contributed by atoms with Crippen molar-refractivity contribution in [2.24, 2.45) is 0 Å². The Morgan fingerprint density at radius 2 is 1.93 bits per heavy atom. The average Bonchev–Trinajstić information content (AvgIpc) is 3.85. The van der Waals surface area contributed by atoms with Crippen molar-refractivity contribution < 1.29 is 18.7 Å². The monoisotopic (exact) mass is 638 g/mol. The minimum Gasteiger partial charge on any atom is -0.367 e. The van der Waals surface area contributed by atoms with Crippen LogP contribution in [0.15, 0.2) is 73.2 Å². The maximum Gasteiger partial charge on any atom is 0.258 e. The van der Waals surface area contributed by atoms with E-state index < -0.39 is 5.60 Å². The van der Waals surface area contributed by atoms with E-state index in [1.165, 1.54) is 19.2 Å². The molecule has 5 heterocycles. The first kappa shape index (κ1) is 29.8. The summed E-state index contributed by atoms with van der Waals surface area (Å²) in [4.78, 5) is 44.7. The molecule has 0 bridgehead atoms. The highest BCUT2D eigenvalue weighted by atomic mass is 32.1. The van der Waals surface area contributed by atoms with Crippen LogP contribution in [-0.2, 0) is 14.3 Å². The largest absolute Gasteiger partial charge is 0.367 e. The van der Waals surface area contributed by atoms with Gasteiger partial charge >= 0.3 is 0 Å². The highest BCUT2D eigenvalue weighted by Gasteiger charge is 2.45. The van der Waals surface area contributed by atoms with Crippen LogP contribution in [0.25, 0.3) is 38.4 Å². The summed E-state index contributed by atoms with van der Waals surface area (Å²) in [7, 11) is 1.53. The second-order valence-corrected chi connectivity index (χ2v) is 12.4. The fraction of sp³-hybridized carbons (Fsp3) is 0.273. The minimum absolute atomic E-state index is 0.0128. The van der Waals surface area contributed by atoms with Crippen molar-refractivity contribution in [3.63, 3.8) is 0 Å². The van der Waals surface area contributed by atoms with Gasteiger partial charge < -0.3 is 15.0 Å². The van der Waals surface area contributed by atoms with E-state index >= 15 is 0 Å². The van der Waals surface area contributed by atoms with Gasteiger partial charge in [0.2, 0.25) is 5.91 Å². The molecule has 11 nitrogen and oxygen atoms in total. The number of methoxy groups -OCH3 is 1. The zero-order valence-corrected chi connectivity index (χ0v) is 25.9. The van der Waals surface area contributed by atoms with E-state index in [2.05, 4.69) is 36.5 Å². The lowest BCUT2D eigenvalue weighted by molar-refractivity contribution is -0.138. The number of likely N-dealkylation sites (tertiary alicyclic amines) is 1. The quantitative estimate of drug-likeness (QED) is 0.252. The summed E-state index contributed by atoms with van der Waals surface area (Å²) < 4.78 is 19.3. The predicted molar refractivity (Wildman–Crippen MR) is 173 cm³/mol. The molecule has 2 amide bonds. The molecule has 234 valence electrons. The van der Waals surface area contributed by atoms with Gasteiger partial charge in [-0.15, -0.1) is 11.3 Å². The number of rotatable bonds is 8. The van der Waals surface area contributed by atoms with Crippen LogP contribution in [0.3, 0.4) is 0 Å². The smallest absolute Gasteiger partial charge is 0.258 e. The zero-order valence-electron chi connectivity index (χ0n) is 25.1. The molecule has 5 aromatic rings. The number of H-pyrrole nitrogens is 1. The van der Waals surface area contributed by atoms with E-state index in [0.29, 0.717) is 56.2 Å². The SMILES string of the molecule is CO[C@@]1(C(=O)Nc2ccc3[nH]nc(-c4ccc(F)cc4)c3c2)CCN(CC(=O)N2CC=C(c3ncc(-c4ncccn4)s3)CC2)C1. The van der Waals surface area contributed by atoms with Crippen LogP contribution in [0.4, 0.5) is 10.1 Å². The number of hydrogen-bond donors (Lipinski definition) is 2. The first-order valence-corrected chi connectivity index (χ1v) is 15.8. The van der Waals surface area contributed by atoms with Gasteiger partial charge in [-0.25, -0.2) is 19.3 Å². The van der Waals surface area contributed by atoms with Gasteiger partial charge in [-0.05, 0) is 66.9 Å². The van der Waals surface area contributed by atoms with Gasteiger partial charge in [-0.2, -0.15) is 5.10 Å². The first-order valence-electron chi connectivity index (χ1n) is 14.9. The number of thiazole rings is 1. The Morgan fingerprint density at radius 1 is 1.11 bits per heavy atom. The fourth-order valence-electron chi connectivity index (χ4n) is 5.94. The Kier molecular flexibility index (Phi) is 8.11. The minimum atomic E-state index is -1.09. The third-order valence-corrected chi connectivity index (χ3v) is 9.61. The van der Waals surface area contributed by atoms with Gasteiger partial charge in [0.15, 0.2) is 11.4 Å². The number of ether oxygens (including phenoxy) is 1. The van der Waals surface area contributed by atoms with Gasteiger partial charge in [0.05, 0.1) is 22.6 Å². The van der Waals surface area contributed by atoms with Gasteiger partial charge in [-0.3, -0.25) is 19.6 Å². The molecule has 2 aliphatic heterocycles. The molecule has 3 aromatic heterocycles. The Bertz CT molecular complexity index is 1930. The number of fused-ring (bicyclic) bond motifs is 1. The standard InChI is InChI=1S/C33H31FN8O3S/c1-45-33(32(44)38-24-7-8-26-25(17-24)29(40-39-26)21-3-5-23(34)6-4-21)11-16-41(20-33)19-28(43)42-14-9-22(10-15-42)31-37-18-27(46-31)30-35-12-2-13-36-30/h2-9,12-13,17-18H,10-11,14-16,19-20H2,1H3,(H,38,44)(H,39,40)/t33-/m0/s1. The third-order valence-electron chi connectivity index (χ3n) is 8.54. The van der Waals surface area contributed by atoms with Crippen molar-refractivity contribution in [2.45, 2.75) is 18.4 Å². The molecule has 2 aromatic carbocycles. The summed E-state index contributed by atoms with van der Waals surface area (Å²) in [5, 5.41) is 12.1. The third kappa shape index (κ3) is 5.91. The van der Waals surface area contributed by atoms with Gasteiger partial charge in [0.25, 0.3) is 5.91 Å². The number of aromatic amines is 1. The van der Waals surface area contributed by atoms with Crippen LogP contribution in [0, 0.1) is 5.82 Å². The molecule has 46 heavy (non-hydrogen) atoms. The van der Waals surface area contributed by atoms with Crippen molar-refractivity contribution >= 4 is 45.3 Å². The number of benzene rings is 2. The molecule has 2 aliphatic rings. The van der Waals surface area contributed by atoms with Crippen molar-refractivity contribution in [3.8, 4) is 22.0 Å². The van der Waals surface area contributed by atoms with E-state index in [1.807, 2.05) is 21.9 Å². The van der Waals surface area contributed by atoms with Gasteiger partial charge in [-0.1, -0.05) is 6.08 Å². The van der Waals surface area contributed by atoms with Crippen molar-refractivity contribution in [1.29, 1.82) is 0 Å². The number of nitrogens with one attached hydrogen (secondary N) is 2. The Balaban J connectivity index is 0.968. The molecule has 1 fully saturated rings. The molecule has 1 atom stereocenters. The summed E-state index contributed by atoms with van der Waals surface area (Å²) in [6.45, 7) is 2.16. The maximum atomic E-state index is 13.6. The number of halogens is 1. The summed E-state index contributed by atoms with van der Waals surface area (Å²) in [5.74, 6) is 0.0709. The van der Waals surface area contributed by atoms with Crippen LogP contribution in [0.2, 0.25) is 0 Å². The number of carbonyl (C=O) groups excluding carboxylic acids is 2. The molecular formula is C33H31FN8O3S. The summed E-state index contributed by atoms with van der Waals surface area (Å²) >= 11 is 1.55. The lowest BCUT2D eigenvalue weighted by atomic mass is 10.0. The van der Waals surface area contributed by atoms with Gasteiger partial charge in [0.1, 0.15) is 10.8 Å². The van der Waals surface area contributed by atoms with Crippen LogP contribution in [-0.4, -0.2) is 92.2 Å². The van der Waals surface area contributed by atoms with E-state index in [4.69, 9.17) is 4.74 Å². The Labute approximate surface area is 268 Å². The second kappa shape index (κ2) is 12.5. The molecular weight excluding hydrogens is 607 g/mol. The molecule has 7 rings (SSSR count). The van der Waals surface area contributed by atoms with Crippen LogP contribution in [0.5, 0.6) is 0 Å². The number of aromatic nitrogens is 5. The number of carbonyl (C=O) groups is 2. The van der Waals surface area contributed by atoms with E-state index in [0.717, 1.165) is 31.9 Å². The normalized spacial score (nSPS) is 18.6. The van der Waals surface area contributed by atoms with E-state index in [1.54, 1.807) is 54.2 Å². The Morgan fingerprint density at radius 3 is 2.70 bits per heavy atom. The number of anilines is 1. The molecule has 0 spiro atoms. The molecule has 0 radical (unpaired) electrons. The van der Waals surface area contributed by atoms with Crippen molar-refractivity contribution in [3.05, 3.63) is 84.0 Å². The first-order chi connectivity index (χ1) is 22.4. The van der Waals surface area contributed by atoms with Crippen molar-refractivity contribution in [1.82, 2.24) is 34.9 Å². The van der Waals surface area contributed by atoms with Crippen LogP contribution in [0.1, 0.15) is 17.8 Å². The summed E-state index contributed by atoms with van der Waals surface area (Å²) in [6.07, 6.45) is 8.44. The summed E-state index contributed by atoms with van der Waals surface area (Å²) in [6, 6.07) is 13.4. The molecule has 13 heteroatoms. The number of hydrogen-bond acceptors (Lipinski definition) is 9. The van der Waals surface area contributed by atoms with Crippen LogP contribution >= 0.6 is 11.3 Å². The topological polar surface area (TPSA) is 129 Å². The highest BCUT2D eigenvalue weighted by molar-refractivity contribution is 7.16. The predicted octanol–water partition coefficient (Wildman–Crippen LogP) is 4.63. The maximum absolute atomic E-state index is 13.6. The second-order valence-electron chi connectivity index (χ2n) is 11.4. The van der Waals surface area contributed by atoms with E-state index in [9.17, 15) is 14.0 Å². The molecule has 2 N–H and O–H groups in total. The molecule has 0 aliphatic carbocycles. The lowest BCUT2D eigenvalue weighted by Crippen LogP contribution is -2.48. The van der Waals surface area contributed by atoms with Crippen LogP contribution < -0.4 is 5.32 Å². The molecule has 0 saturated carbocycles. The van der Waals surface area contributed by atoms with E-state index in [-0.39, 0.29) is 24.2 Å². The van der Waals surface area contributed by atoms with Gasteiger partial charge in [0, 0.05) is 68.5 Å². The molecule has 0 unspecified atom stereocenters. The lowest BCUT2D eigenvalue weighted by Gasteiger charge is -2.29. The summed E-state index contributed by atoms with van der Waals surface area (Å²) in [5.41, 5.74) is 2.83. The highest BCUT2D eigenvalue weighted by Crippen LogP contribution is 2.32. The van der Waals surface area contributed by atoms with Crippen molar-refractivity contribution in [2.75, 3.05) is 45.2 Å². The Hall–Kier alpha value is -4.85. The number of amides is 2. The average molecular weight is 639 g/mol. The number of nitrogens with zero attached hydrogens (tertiary/aromatic N) is 6.